The number of aryl methyl sites for hydroxylation is 1. The normalized spacial score (nSPS) is 16.4. The summed E-state index contributed by atoms with van der Waals surface area (Å²) in [5.41, 5.74) is 0.838. The Morgan fingerprint density at radius 1 is 1.19 bits per heavy atom. The van der Waals surface area contributed by atoms with Crippen molar-refractivity contribution in [3.8, 4) is 11.4 Å². The van der Waals surface area contributed by atoms with Crippen LogP contribution in [0, 0.1) is 5.82 Å². The summed E-state index contributed by atoms with van der Waals surface area (Å²) in [7, 11) is 0. The van der Waals surface area contributed by atoms with Gasteiger partial charge in [0.15, 0.2) is 5.82 Å². The first kappa shape index (κ1) is 17.6. The van der Waals surface area contributed by atoms with Crippen LogP contribution in [0.25, 0.3) is 11.4 Å². The average molecular weight is 386 g/mol. The molecular weight excluding hydrogens is 369 g/mol. The Morgan fingerprint density at radius 2 is 2.00 bits per heavy atom. The number of amides is 1. The summed E-state index contributed by atoms with van der Waals surface area (Å²) in [5, 5.41) is 11.6. The van der Waals surface area contributed by atoms with Crippen molar-refractivity contribution >= 4 is 17.5 Å². The number of carbonyl (C=O) groups excluding carboxylic acids is 1. The first-order chi connectivity index (χ1) is 13.1. The van der Waals surface area contributed by atoms with Crippen LogP contribution in [0.15, 0.2) is 42.7 Å². The third-order valence-corrected chi connectivity index (χ3v) is 5.02. The Balaban J connectivity index is 1.50. The van der Waals surface area contributed by atoms with Gasteiger partial charge in [-0.1, -0.05) is 17.7 Å². The topological polar surface area (TPSA) is 72.7 Å². The van der Waals surface area contributed by atoms with Gasteiger partial charge in [-0.15, -0.1) is 10.2 Å². The number of rotatable bonds is 3. The summed E-state index contributed by atoms with van der Waals surface area (Å²) in [5.74, 6) is 0.555. The van der Waals surface area contributed by atoms with Crippen LogP contribution in [0.4, 0.5) is 4.39 Å². The molecule has 0 bridgehead atoms. The van der Waals surface area contributed by atoms with E-state index in [0.717, 1.165) is 17.2 Å². The molecule has 6 nitrogen and oxygen atoms in total. The van der Waals surface area contributed by atoms with Crippen molar-refractivity contribution < 1.29 is 9.18 Å². The third kappa shape index (κ3) is 3.55. The number of hydrogen-bond acceptors (Lipinski definition) is 4. The van der Waals surface area contributed by atoms with Crippen LogP contribution >= 0.6 is 11.6 Å². The van der Waals surface area contributed by atoms with Gasteiger partial charge in [-0.25, -0.2) is 4.39 Å². The highest BCUT2D eigenvalue weighted by Gasteiger charge is 2.24. The maximum atomic E-state index is 14.0. The lowest BCUT2D eigenvalue weighted by atomic mass is 10.1. The highest BCUT2D eigenvalue weighted by molar-refractivity contribution is 6.33. The molecule has 0 saturated heterocycles. The number of halogens is 2. The smallest absolute Gasteiger partial charge is 0.255 e. The number of carbonyl (C=O) groups is 1. The van der Waals surface area contributed by atoms with Crippen molar-refractivity contribution in [2.24, 2.45) is 0 Å². The van der Waals surface area contributed by atoms with E-state index in [1.165, 1.54) is 18.2 Å². The fourth-order valence-corrected chi connectivity index (χ4v) is 3.57. The summed E-state index contributed by atoms with van der Waals surface area (Å²) >= 11 is 5.99. The van der Waals surface area contributed by atoms with Gasteiger partial charge in [0.05, 0.1) is 10.6 Å². The number of hydrogen-bond donors (Lipinski definition) is 1. The Labute approximate surface area is 160 Å². The van der Waals surface area contributed by atoms with E-state index in [2.05, 4.69) is 25.1 Å². The first-order valence-corrected chi connectivity index (χ1v) is 9.08. The lowest BCUT2D eigenvalue weighted by molar-refractivity contribution is 0.0929. The molecule has 138 valence electrons. The van der Waals surface area contributed by atoms with Gasteiger partial charge in [0, 0.05) is 37.0 Å². The molecule has 8 heteroatoms. The number of aromatic nitrogens is 4. The minimum Gasteiger partial charge on any atom is -0.349 e. The highest BCUT2D eigenvalue weighted by atomic mass is 35.5. The van der Waals surface area contributed by atoms with Gasteiger partial charge in [0.2, 0.25) is 0 Å². The van der Waals surface area contributed by atoms with Crippen LogP contribution in [0.2, 0.25) is 5.02 Å². The molecule has 1 N–H and O–H groups in total. The molecule has 0 fully saturated rings. The molecule has 2 aromatic heterocycles. The largest absolute Gasteiger partial charge is 0.349 e. The molecule has 0 aliphatic carbocycles. The van der Waals surface area contributed by atoms with Gasteiger partial charge in [0.1, 0.15) is 11.6 Å². The summed E-state index contributed by atoms with van der Waals surface area (Å²) in [6.45, 7) is 0.663. The zero-order valence-electron chi connectivity index (χ0n) is 14.4. The summed E-state index contributed by atoms with van der Waals surface area (Å²) in [6.07, 6.45) is 5.50. The quantitative estimate of drug-likeness (QED) is 0.751. The van der Waals surface area contributed by atoms with Crippen molar-refractivity contribution in [3.63, 3.8) is 0 Å². The number of fused-ring (bicyclic) bond motifs is 1. The fraction of sp³-hybridized carbons (Fsp3) is 0.263. The molecule has 3 heterocycles. The number of nitrogens with zero attached hydrogens (tertiary/aromatic N) is 4. The second kappa shape index (κ2) is 7.44. The minimum atomic E-state index is -0.620. The summed E-state index contributed by atoms with van der Waals surface area (Å²) in [6, 6.07) is 7.90. The van der Waals surface area contributed by atoms with Crippen LogP contribution in [0.5, 0.6) is 0 Å². The van der Waals surface area contributed by atoms with Gasteiger partial charge >= 0.3 is 0 Å². The molecule has 0 saturated carbocycles. The first-order valence-electron chi connectivity index (χ1n) is 8.71. The summed E-state index contributed by atoms with van der Waals surface area (Å²) in [4.78, 5) is 16.5. The van der Waals surface area contributed by atoms with Gasteiger partial charge in [-0.3, -0.25) is 9.78 Å². The lowest BCUT2D eigenvalue weighted by Crippen LogP contribution is -2.35. The highest BCUT2D eigenvalue weighted by Crippen LogP contribution is 2.23. The van der Waals surface area contributed by atoms with E-state index in [1.807, 2.05) is 12.1 Å². The van der Waals surface area contributed by atoms with Crippen molar-refractivity contribution in [3.05, 3.63) is 65.0 Å². The van der Waals surface area contributed by atoms with E-state index in [4.69, 9.17) is 11.6 Å². The molecule has 4 rings (SSSR count). The van der Waals surface area contributed by atoms with Crippen molar-refractivity contribution in [1.82, 2.24) is 25.1 Å². The van der Waals surface area contributed by atoms with Crippen molar-refractivity contribution in [1.29, 1.82) is 0 Å². The zero-order valence-corrected chi connectivity index (χ0v) is 15.2. The molecule has 1 aliphatic heterocycles. The van der Waals surface area contributed by atoms with Crippen LogP contribution in [-0.2, 0) is 13.0 Å². The van der Waals surface area contributed by atoms with Crippen LogP contribution in [-0.4, -0.2) is 31.7 Å². The Bertz CT molecular complexity index is 955. The fourth-order valence-electron chi connectivity index (χ4n) is 3.32. The molecule has 1 atom stereocenters. The third-order valence-electron chi connectivity index (χ3n) is 4.71. The molecule has 1 amide bonds. The molecule has 1 aliphatic rings. The van der Waals surface area contributed by atoms with Gasteiger partial charge in [-0.05, 0) is 37.1 Å². The predicted molar refractivity (Wildman–Crippen MR) is 98.9 cm³/mol. The number of pyridine rings is 1. The maximum absolute atomic E-state index is 14.0. The monoisotopic (exact) mass is 385 g/mol. The Morgan fingerprint density at radius 3 is 2.78 bits per heavy atom. The second-order valence-corrected chi connectivity index (χ2v) is 6.83. The van der Waals surface area contributed by atoms with Crippen molar-refractivity contribution in [2.75, 3.05) is 0 Å². The number of benzene rings is 1. The minimum absolute atomic E-state index is 0.0971. The van der Waals surface area contributed by atoms with Crippen LogP contribution in [0.3, 0.4) is 0 Å². The van der Waals surface area contributed by atoms with E-state index in [-0.39, 0.29) is 16.6 Å². The zero-order chi connectivity index (χ0) is 18.8. The van der Waals surface area contributed by atoms with E-state index in [1.54, 1.807) is 12.4 Å². The maximum Gasteiger partial charge on any atom is 0.255 e. The lowest BCUT2D eigenvalue weighted by Gasteiger charge is -2.17. The molecular formula is C19H17ClFN5O. The molecule has 1 unspecified atom stereocenters. The van der Waals surface area contributed by atoms with E-state index in [0.29, 0.717) is 25.8 Å². The van der Waals surface area contributed by atoms with E-state index in [9.17, 15) is 9.18 Å². The molecule has 0 spiro atoms. The number of nitrogens with one attached hydrogen (secondary N) is 1. The summed E-state index contributed by atoms with van der Waals surface area (Å²) < 4.78 is 16.0. The average Bonchev–Trinajstić information content (AvgIpc) is 2.97. The predicted octanol–water partition coefficient (Wildman–Crippen LogP) is 3.27. The van der Waals surface area contributed by atoms with Gasteiger partial charge < -0.3 is 9.88 Å². The van der Waals surface area contributed by atoms with E-state index >= 15 is 0 Å². The molecule has 27 heavy (non-hydrogen) atoms. The van der Waals surface area contributed by atoms with E-state index < -0.39 is 11.7 Å². The standard InChI is InChI=1S/C19H17ClFN5O/c20-14-2-1-3-15(21)17(14)19(27)23-13-4-5-16-24-25-18(26(16)11-8-13)12-6-9-22-10-7-12/h1-3,6-7,9-10,13H,4-5,8,11H2,(H,23,27). The second-order valence-electron chi connectivity index (χ2n) is 6.42. The molecule has 1 aromatic carbocycles. The SMILES string of the molecule is O=C(NC1CCc2nnc(-c3ccncc3)n2CC1)c1c(F)cccc1Cl. The molecule has 3 aromatic rings. The van der Waals surface area contributed by atoms with Crippen LogP contribution in [0.1, 0.15) is 29.0 Å². The Hall–Kier alpha value is -2.80. The van der Waals surface area contributed by atoms with Crippen molar-refractivity contribution in [2.45, 2.75) is 31.8 Å². The van der Waals surface area contributed by atoms with Gasteiger partial charge in [-0.2, -0.15) is 0 Å². The molecule has 0 radical (unpaired) electrons. The van der Waals surface area contributed by atoms with Gasteiger partial charge in [0.25, 0.3) is 5.91 Å². The van der Waals surface area contributed by atoms with Crippen LogP contribution < -0.4 is 5.32 Å². The Kier molecular flexibility index (Phi) is 4.85.